The van der Waals surface area contributed by atoms with Crippen LogP contribution in [0.15, 0.2) is 72.8 Å². The molecule has 0 aliphatic carbocycles. The summed E-state index contributed by atoms with van der Waals surface area (Å²) in [6.45, 7) is 0.924. The van der Waals surface area contributed by atoms with E-state index in [1.807, 2.05) is 24.3 Å². The van der Waals surface area contributed by atoms with E-state index in [4.69, 9.17) is 21.1 Å². The van der Waals surface area contributed by atoms with Crippen LogP contribution in [0.25, 0.3) is 0 Å². The molecule has 0 saturated heterocycles. The fraction of sp³-hybridized carbons (Fsp3) is 0.174. The number of hydrogen-bond acceptors (Lipinski definition) is 3. The number of hydrogen-bond donors (Lipinski definition) is 0. The lowest BCUT2D eigenvalue weighted by atomic mass is 10.1. The second-order valence-corrected chi connectivity index (χ2v) is 6.81. The van der Waals surface area contributed by atoms with Gasteiger partial charge in [0, 0.05) is 17.6 Å². The zero-order valence-electron chi connectivity index (χ0n) is 16.0. The van der Waals surface area contributed by atoms with Crippen molar-refractivity contribution in [1.29, 1.82) is 0 Å². The standard InChI is InChI=1S/C23H21ClFNO3/c1-26(14-15-28-19-12-10-18(25)11-13-19)23(27)20-7-3-5-9-22(20)29-16-17-6-2-4-8-21(17)24/h2-13H,14-16H2,1H3. The molecule has 4 nitrogen and oxygen atoms in total. The summed E-state index contributed by atoms with van der Waals surface area (Å²) >= 11 is 6.17. The summed E-state index contributed by atoms with van der Waals surface area (Å²) in [5, 5.41) is 0.617. The molecule has 0 atom stereocenters. The molecule has 0 aliphatic heterocycles. The van der Waals surface area contributed by atoms with Crippen LogP contribution in [0.2, 0.25) is 5.02 Å². The largest absolute Gasteiger partial charge is 0.492 e. The number of para-hydroxylation sites is 1. The van der Waals surface area contributed by atoms with Crippen molar-refractivity contribution < 1.29 is 18.7 Å². The van der Waals surface area contributed by atoms with Crippen molar-refractivity contribution in [2.45, 2.75) is 6.61 Å². The monoisotopic (exact) mass is 413 g/mol. The van der Waals surface area contributed by atoms with Crippen LogP contribution >= 0.6 is 11.6 Å². The van der Waals surface area contributed by atoms with E-state index in [1.54, 1.807) is 48.3 Å². The van der Waals surface area contributed by atoms with Gasteiger partial charge in [-0.25, -0.2) is 4.39 Å². The predicted octanol–water partition coefficient (Wildman–Crippen LogP) is 5.21. The highest BCUT2D eigenvalue weighted by Crippen LogP contribution is 2.23. The molecule has 0 aliphatic rings. The first-order valence-electron chi connectivity index (χ1n) is 9.13. The van der Waals surface area contributed by atoms with E-state index in [0.717, 1.165) is 5.56 Å². The van der Waals surface area contributed by atoms with Gasteiger partial charge in [-0.05, 0) is 42.5 Å². The third-order valence-corrected chi connectivity index (χ3v) is 4.68. The molecule has 0 radical (unpaired) electrons. The Morgan fingerprint density at radius 1 is 0.966 bits per heavy atom. The minimum absolute atomic E-state index is 0.178. The van der Waals surface area contributed by atoms with Crippen molar-refractivity contribution in [3.8, 4) is 11.5 Å². The quantitative estimate of drug-likeness (QED) is 0.509. The SMILES string of the molecule is CN(CCOc1ccc(F)cc1)C(=O)c1ccccc1OCc1ccccc1Cl. The first kappa shape index (κ1) is 20.7. The van der Waals surface area contributed by atoms with Gasteiger partial charge < -0.3 is 14.4 Å². The first-order chi connectivity index (χ1) is 14.0. The number of likely N-dealkylation sites (N-methyl/N-ethyl adjacent to an activating group) is 1. The summed E-state index contributed by atoms with van der Waals surface area (Å²) in [7, 11) is 1.70. The van der Waals surface area contributed by atoms with E-state index < -0.39 is 0 Å². The maximum absolute atomic E-state index is 12.9. The van der Waals surface area contributed by atoms with Gasteiger partial charge >= 0.3 is 0 Å². The van der Waals surface area contributed by atoms with Gasteiger partial charge in [-0.2, -0.15) is 0 Å². The van der Waals surface area contributed by atoms with E-state index in [2.05, 4.69) is 0 Å². The van der Waals surface area contributed by atoms with Gasteiger partial charge in [0.15, 0.2) is 0 Å². The van der Waals surface area contributed by atoms with Gasteiger partial charge in [-0.15, -0.1) is 0 Å². The molecule has 0 heterocycles. The molecule has 29 heavy (non-hydrogen) atoms. The zero-order chi connectivity index (χ0) is 20.6. The third-order valence-electron chi connectivity index (χ3n) is 4.31. The van der Waals surface area contributed by atoms with Crippen LogP contribution < -0.4 is 9.47 Å². The normalized spacial score (nSPS) is 10.4. The molecular formula is C23H21ClFNO3. The van der Waals surface area contributed by atoms with Gasteiger partial charge in [0.25, 0.3) is 5.91 Å². The molecular weight excluding hydrogens is 393 g/mol. The van der Waals surface area contributed by atoms with Crippen molar-refractivity contribution in [3.63, 3.8) is 0 Å². The summed E-state index contributed by atoms with van der Waals surface area (Å²) in [6.07, 6.45) is 0. The zero-order valence-corrected chi connectivity index (χ0v) is 16.7. The average molecular weight is 414 g/mol. The highest BCUT2D eigenvalue weighted by Gasteiger charge is 2.17. The number of amides is 1. The maximum Gasteiger partial charge on any atom is 0.257 e. The van der Waals surface area contributed by atoms with Crippen LogP contribution in [-0.4, -0.2) is 31.0 Å². The molecule has 150 valence electrons. The molecule has 0 bridgehead atoms. The van der Waals surface area contributed by atoms with E-state index in [1.165, 1.54) is 12.1 Å². The average Bonchev–Trinajstić information content (AvgIpc) is 2.74. The van der Waals surface area contributed by atoms with Crippen molar-refractivity contribution in [2.75, 3.05) is 20.2 Å². The molecule has 0 unspecified atom stereocenters. The second kappa shape index (κ2) is 9.94. The lowest BCUT2D eigenvalue weighted by Gasteiger charge is -2.19. The lowest BCUT2D eigenvalue weighted by molar-refractivity contribution is 0.0769. The third kappa shape index (κ3) is 5.72. The predicted molar refractivity (Wildman–Crippen MR) is 111 cm³/mol. The molecule has 0 aromatic heterocycles. The summed E-state index contributed by atoms with van der Waals surface area (Å²) in [4.78, 5) is 14.4. The fourth-order valence-corrected chi connectivity index (χ4v) is 2.87. The van der Waals surface area contributed by atoms with Gasteiger partial charge in [0.2, 0.25) is 0 Å². The molecule has 0 fully saturated rings. The number of ether oxygens (including phenoxy) is 2. The molecule has 3 rings (SSSR count). The van der Waals surface area contributed by atoms with Gasteiger partial charge in [-0.1, -0.05) is 41.9 Å². The van der Waals surface area contributed by atoms with Gasteiger partial charge in [0.1, 0.15) is 30.5 Å². The molecule has 0 spiro atoms. The highest BCUT2D eigenvalue weighted by molar-refractivity contribution is 6.31. The van der Waals surface area contributed by atoms with E-state index >= 15 is 0 Å². The lowest BCUT2D eigenvalue weighted by Crippen LogP contribution is -2.31. The number of carbonyl (C=O) groups excluding carboxylic acids is 1. The summed E-state index contributed by atoms with van der Waals surface area (Å²) < 4.78 is 24.4. The summed E-state index contributed by atoms with van der Waals surface area (Å²) in [5.74, 6) is 0.542. The Bertz CT molecular complexity index is 962. The number of benzene rings is 3. The second-order valence-electron chi connectivity index (χ2n) is 6.41. The Labute approximate surface area is 174 Å². The van der Waals surface area contributed by atoms with Crippen LogP contribution in [0.3, 0.4) is 0 Å². The van der Waals surface area contributed by atoms with E-state index in [9.17, 15) is 9.18 Å². The summed E-state index contributed by atoms with van der Waals surface area (Å²) in [6, 6.07) is 20.3. The Hall–Kier alpha value is -3.05. The maximum atomic E-state index is 12.9. The minimum atomic E-state index is -0.321. The Balaban J connectivity index is 1.59. The molecule has 3 aromatic rings. The number of nitrogens with zero attached hydrogens (tertiary/aromatic N) is 1. The van der Waals surface area contributed by atoms with Crippen LogP contribution in [0, 0.1) is 5.82 Å². The van der Waals surface area contributed by atoms with E-state index in [-0.39, 0.29) is 24.9 Å². The van der Waals surface area contributed by atoms with Crippen LogP contribution in [0.1, 0.15) is 15.9 Å². The molecule has 1 amide bonds. The van der Waals surface area contributed by atoms with Gasteiger partial charge in [0.05, 0.1) is 12.1 Å². The topological polar surface area (TPSA) is 38.8 Å². The molecule has 6 heteroatoms. The van der Waals surface area contributed by atoms with Crippen molar-refractivity contribution in [2.24, 2.45) is 0 Å². The Kier molecular flexibility index (Phi) is 7.09. The van der Waals surface area contributed by atoms with Crippen molar-refractivity contribution in [1.82, 2.24) is 4.90 Å². The van der Waals surface area contributed by atoms with Crippen LogP contribution in [-0.2, 0) is 6.61 Å². The molecule has 0 saturated carbocycles. The highest BCUT2D eigenvalue weighted by atomic mass is 35.5. The first-order valence-corrected chi connectivity index (χ1v) is 9.51. The van der Waals surface area contributed by atoms with Crippen molar-refractivity contribution in [3.05, 3.63) is 94.8 Å². The number of halogens is 2. The smallest absolute Gasteiger partial charge is 0.257 e. The van der Waals surface area contributed by atoms with Crippen LogP contribution in [0.5, 0.6) is 11.5 Å². The molecule has 0 N–H and O–H groups in total. The van der Waals surface area contributed by atoms with Crippen molar-refractivity contribution >= 4 is 17.5 Å². The number of carbonyl (C=O) groups is 1. The Morgan fingerprint density at radius 2 is 1.66 bits per heavy atom. The number of rotatable bonds is 8. The van der Waals surface area contributed by atoms with Crippen LogP contribution in [0.4, 0.5) is 4.39 Å². The fourth-order valence-electron chi connectivity index (χ4n) is 2.68. The van der Waals surface area contributed by atoms with E-state index in [0.29, 0.717) is 28.6 Å². The minimum Gasteiger partial charge on any atom is -0.492 e. The molecule has 3 aromatic carbocycles. The van der Waals surface area contributed by atoms with Gasteiger partial charge in [-0.3, -0.25) is 4.79 Å². The summed E-state index contributed by atoms with van der Waals surface area (Å²) in [5.41, 5.74) is 1.31. The Morgan fingerprint density at radius 3 is 2.41 bits per heavy atom.